The van der Waals surface area contributed by atoms with E-state index in [1.807, 2.05) is 50.5 Å². The smallest absolute Gasteiger partial charge is 0.328 e. The van der Waals surface area contributed by atoms with Crippen LogP contribution in [0.2, 0.25) is 5.02 Å². The van der Waals surface area contributed by atoms with Gasteiger partial charge in [0.2, 0.25) is 0 Å². The molecule has 0 aliphatic heterocycles. The number of aromatic nitrogens is 2. The molecule has 4 nitrogen and oxygen atoms in total. The van der Waals surface area contributed by atoms with Gasteiger partial charge >= 0.3 is 5.69 Å². The van der Waals surface area contributed by atoms with Crippen LogP contribution < -0.4 is 11.0 Å². The minimum absolute atomic E-state index is 0.0240. The van der Waals surface area contributed by atoms with E-state index in [4.69, 9.17) is 11.6 Å². The van der Waals surface area contributed by atoms with Crippen molar-refractivity contribution in [2.75, 3.05) is 11.9 Å². The maximum atomic E-state index is 12.0. The van der Waals surface area contributed by atoms with Gasteiger partial charge in [-0.3, -0.25) is 9.13 Å². The Morgan fingerprint density at radius 3 is 2.63 bits per heavy atom. The molecule has 0 aliphatic carbocycles. The molecule has 19 heavy (non-hydrogen) atoms. The predicted molar refractivity (Wildman–Crippen MR) is 79.0 cm³/mol. The summed E-state index contributed by atoms with van der Waals surface area (Å²) in [5, 5.41) is 3.92. The van der Waals surface area contributed by atoms with Crippen molar-refractivity contribution in [3.8, 4) is 0 Å². The van der Waals surface area contributed by atoms with E-state index < -0.39 is 0 Å². The molecule has 0 radical (unpaired) electrons. The second-order valence-electron chi connectivity index (χ2n) is 4.68. The van der Waals surface area contributed by atoms with Crippen molar-refractivity contribution in [2.45, 2.75) is 26.4 Å². The van der Waals surface area contributed by atoms with E-state index in [9.17, 15) is 4.79 Å². The van der Waals surface area contributed by atoms with Gasteiger partial charge in [0.25, 0.3) is 0 Å². The zero-order chi connectivity index (χ0) is 13.8. The summed E-state index contributed by atoms with van der Waals surface area (Å²) in [6.45, 7) is 5.26. The van der Waals surface area contributed by atoms with Gasteiger partial charge in [-0.05, 0) is 26.0 Å². The number of nitrogens with one attached hydrogen (secondary N) is 1. The van der Waals surface area contributed by atoms with E-state index in [-0.39, 0.29) is 11.7 Å². The Balaban J connectivity index is 1.97. The molecule has 1 heterocycles. The van der Waals surface area contributed by atoms with Crippen LogP contribution in [-0.2, 0) is 6.54 Å². The Hall–Kier alpha value is -1.68. The molecule has 1 aromatic heterocycles. The summed E-state index contributed by atoms with van der Waals surface area (Å²) in [5.74, 6) is 0. The van der Waals surface area contributed by atoms with Crippen LogP contribution in [0.4, 0.5) is 5.69 Å². The number of halogens is 1. The Labute approximate surface area is 117 Å². The zero-order valence-electron chi connectivity index (χ0n) is 11.1. The van der Waals surface area contributed by atoms with Gasteiger partial charge in [0.05, 0.1) is 10.7 Å². The molecule has 0 aliphatic rings. The molecule has 5 heteroatoms. The lowest BCUT2D eigenvalue weighted by atomic mass is 10.3. The average molecular weight is 280 g/mol. The van der Waals surface area contributed by atoms with Crippen molar-refractivity contribution >= 4 is 17.3 Å². The predicted octanol–water partition coefficient (Wildman–Crippen LogP) is 3.00. The van der Waals surface area contributed by atoms with Crippen LogP contribution in [0.15, 0.2) is 41.5 Å². The highest BCUT2D eigenvalue weighted by Gasteiger charge is 2.05. The molecule has 0 bridgehead atoms. The summed E-state index contributed by atoms with van der Waals surface area (Å²) in [6.07, 6.45) is 3.64. The molecule has 1 aromatic carbocycles. The molecule has 2 aromatic rings. The highest BCUT2D eigenvalue weighted by atomic mass is 35.5. The van der Waals surface area contributed by atoms with E-state index in [0.29, 0.717) is 18.1 Å². The molecule has 0 unspecified atom stereocenters. The zero-order valence-corrected chi connectivity index (χ0v) is 11.9. The fourth-order valence-electron chi connectivity index (χ4n) is 1.91. The van der Waals surface area contributed by atoms with Crippen molar-refractivity contribution < 1.29 is 0 Å². The normalized spacial score (nSPS) is 10.9. The summed E-state index contributed by atoms with van der Waals surface area (Å²) < 4.78 is 3.42. The molecule has 0 spiro atoms. The molecule has 2 rings (SSSR count). The van der Waals surface area contributed by atoms with Gasteiger partial charge in [0.1, 0.15) is 0 Å². The lowest BCUT2D eigenvalue weighted by Gasteiger charge is -2.08. The van der Waals surface area contributed by atoms with E-state index in [2.05, 4.69) is 5.32 Å². The average Bonchev–Trinajstić information content (AvgIpc) is 2.74. The topological polar surface area (TPSA) is 39.0 Å². The number of hydrogen-bond donors (Lipinski definition) is 1. The van der Waals surface area contributed by atoms with Crippen LogP contribution in [-0.4, -0.2) is 15.7 Å². The fourth-order valence-corrected chi connectivity index (χ4v) is 2.11. The van der Waals surface area contributed by atoms with Gasteiger partial charge in [0.15, 0.2) is 0 Å². The van der Waals surface area contributed by atoms with E-state index in [1.165, 1.54) is 0 Å². The Morgan fingerprint density at radius 1 is 1.26 bits per heavy atom. The van der Waals surface area contributed by atoms with Gasteiger partial charge in [-0.1, -0.05) is 23.7 Å². The molecular weight excluding hydrogens is 262 g/mol. The van der Waals surface area contributed by atoms with Gasteiger partial charge in [-0.15, -0.1) is 0 Å². The minimum Gasteiger partial charge on any atom is -0.382 e. The monoisotopic (exact) mass is 279 g/mol. The van der Waals surface area contributed by atoms with Crippen molar-refractivity contribution in [1.29, 1.82) is 0 Å². The third-order valence-corrected chi connectivity index (χ3v) is 3.30. The summed E-state index contributed by atoms with van der Waals surface area (Å²) in [7, 11) is 0. The van der Waals surface area contributed by atoms with Crippen LogP contribution in [0, 0.1) is 0 Å². The van der Waals surface area contributed by atoms with Crippen LogP contribution in [0.3, 0.4) is 0 Å². The summed E-state index contributed by atoms with van der Waals surface area (Å²) >= 11 is 6.05. The van der Waals surface area contributed by atoms with Crippen LogP contribution >= 0.6 is 11.6 Å². The first-order valence-electron chi connectivity index (χ1n) is 6.35. The Bertz CT molecular complexity index is 601. The van der Waals surface area contributed by atoms with Crippen molar-refractivity contribution in [2.24, 2.45) is 0 Å². The number of hydrogen-bond acceptors (Lipinski definition) is 2. The van der Waals surface area contributed by atoms with Gasteiger partial charge in [0, 0.05) is 31.5 Å². The number of imidazole rings is 1. The first kappa shape index (κ1) is 13.7. The van der Waals surface area contributed by atoms with Gasteiger partial charge in [-0.25, -0.2) is 4.79 Å². The second kappa shape index (κ2) is 5.97. The number of nitrogens with zero attached hydrogens (tertiary/aromatic N) is 2. The lowest BCUT2D eigenvalue weighted by molar-refractivity contribution is 0.555. The quantitative estimate of drug-likeness (QED) is 0.914. The molecule has 0 saturated carbocycles. The first-order valence-corrected chi connectivity index (χ1v) is 6.73. The van der Waals surface area contributed by atoms with Crippen molar-refractivity contribution in [3.63, 3.8) is 0 Å². The molecule has 102 valence electrons. The van der Waals surface area contributed by atoms with Crippen molar-refractivity contribution in [3.05, 3.63) is 52.2 Å². The summed E-state index contributed by atoms with van der Waals surface area (Å²) in [4.78, 5) is 12.0. The molecular formula is C14H18ClN3O. The number of anilines is 1. The molecule has 0 amide bonds. The maximum absolute atomic E-state index is 12.0. The third kappa shape index (κ3) is 3.20. The van der Waals surface area contributed by atoms with Crippen LogP contribution in [0.25, 0.3) is 0 Å². The van der Waals surface area contributed by atoms with E-state index in [0.717, 1.165) is 5.69 Å². The highest BCUT2D eigenvalue weighted by molar-refractivity contribution is 6.33. The molecule has 0 saturated heterocycles. The van der Waals surface area contributed by atoms with E-state index >= 15 is 0 Å². The maximum Gasteiger partial charge on any atom is 0.328 e. The third-order valence-electron chi connectivity index (χ3n) is 2.97. The standard InChI is InChI=1S/C14H18ClN3O/c1-11(2)18-10-9-17(14(18)19)8-7-16-13-6-4-3-5-12(13)15/h3-6,9-11,16H,7-8H2,1-2H3. The SMILES string of the molecule is CC(C)n1ccn(CCNc2ccccc2Cl)c1=O. The number of para-hydroxylation sites is 1. The largest absolute Gasteiger partial charge is 0.382 e. The number of benzene rings is 1. The lowest BCUT2D eigenvalue weighted by Crippen LogP contribution is -2.27. The number of rotatable bonds is 5. The van der Waals surface area contributed by atoms with Crippen molar-refractivity contribution in [1.82, 2.24) is 9.13 Å². The Kier molecular flexibility index (Phi) is 4.32. The van der Waals surface area contributed by atoms with Gasteiger partial charge < -0.3 is 5.32 Å². The first-order chi connectivity index (χ1) is 9.09. The minimum atomic E-state index is 0.0240. The molecule has 0 atom stereocenters. The summed E-state index contributed by atoms with van der Waals surface area (Å²) in [6, 6.07) is 7.76. The van der Waals surface area contributed by atoms with Crippen LogP contribution in [0.5, 0.6) is 0 Å². The molecule has 1 N–H and O–H groups in total. The van der Waals surface area contributed by atoms with Crippen LogP contribution in [0.1, 0.15) is 19.9 Å². The highest BCUT2D eigenvalue weighted by Crippen LogP contribution is 2.19. The fraction of sp³-hybridized carbons (Fsp3) is 0.357. The molecule has 0 fully saturated rings. The van der Waals surface area contributed by atoms with E-state index in [1.54, 1.807) is 9.13 Å². The second-order valence-corrected chi connectivity index (χ2v) is 5.09. The van der Waals surface area contributed by atoms with Gasteiger partial charge in [-0.2, -0.15) is 0 Å². The Morgan fingerprint density at radius 2 is 2.00 bits per heavy atom. The summed E-state index contributed by atoms with van der Waals surface area (Å²) in [5.41, 5.74) is 0.913.